The van der Waals surface area contributed by atoms with Crippen LogP contribution in [-0.2, 0) is 14.3 Å². The predicted molar refractivity (Wildman–Crippen MR) is 96.2 cm³/mol. The van der Waals surface area contributed by atoms with Gasteiger partial charge < -0.3 is 14.8 Å². The van der Waals surface area contributed by atoms with Gasteiger partial charge in [-0.15, -0.1) is 0 Å². The number of carbonyl (C=O) groups excluding carboxylic acids is 2. The van der Waals surface area contributed by atoms with Crippen molar-refractivity contribution in [2.24, 2.45) is 0 Å². The molecule has 1 atom stereocenters. The molecule has 0 saturated heterocycles. The summed E-state index contributed by atoms with van der Waals surface area (Å²) in [7, 11) is 0. The first kappa shape index (κ1) is 18.5. The lowest BCUT2D eigenvalue weighted by atomic mass is 10.1. The maximum absolute atomic E-state index is 11.6. The van der Waals surface area contributed by atoms with Crippen molar-refractivity contribution < 1.29 is 19.1 Å². The topological polar surface area (TPSA) is 64.6 Å². The van der Waals surface area contributed by atoms with E-state index in [4.69, 9.17) is 9.47 Å². The van der Waals surface area contributed by atoms with Gasteiger partial charge in [0.15, 0.2) is 13.2 Å². The van der Waals surface area contributed by atoms with Crippen molar-refractivity contribution in [2.45, 2.75) is 26.3 Å². The number of benzene rings is 2. The summed E-state index contributed by atoms with van der Waals surface area (Å²) in [6, 6.07) is 17.5. The average molecular weight is 341 g/mol. The predicted octanol–water partition coefficient (Wildman–Crippen LogP) is 3.19. The van der Waals surface area contributed by atoms with Gasteiger partial charge in [-0.3, -0.25) is 4.79 Å². The summed E-state index contributed by atoms with van der Waals surface area (Å²) in [5.41, 5.74) is 2.18. The highest BCUT2D eigenvalue weighted by atomic mass is 16.6. The Morgan fingerprint density at radius 1 is 0.960 bits per heavy atom. The third-order valence-corrected chi connectivity index (χ3v) is 3.70. The van der Waals surface area contributed by atoms with Crippen LogP contribution in [0.2, 0.25) is 0 Å². The van der Waals surface area contributed by atoms with Crippen LogP contribution in [0.3, 0.4) is 0 Å². The Kier molecular flexibility index (Phi) is 7.01. The van der Waals surface area contributed by atoms with Gasteiger partial charge in [-0.1, -0.05) is 49.4 Å². The second-order valence-corrected chi connectivity index (χ2v) is 5.72. The number of rotatable bonds is 8. The fourth-order valence-corrected chi connectivity index (χ4v) is 2.12. The van der Waals surface area contributed by atoms with Gasteiger partial charge in [0, 0.05) is 6.04 Å². The highest BCUT2D eigenvalue weighted by Gasteiger charge is 2.10. The quantitative estimate of drug-likeness (QED) is 0.749. The fraction of sp³-hybridized carbons (Fsp3) is 0.300. The van der Waals surface area contributed by atoms with E-state index in [1.54, 1.807) is 12.1 Å². The van der Waals surface area contributed by atoms with Crippen LogP contribution in [0.4, 0.5) is 0 Å². The number of hydrogen-bond donors (Lipinski definition) is 1. The van der Waals surface area contributed by atoms with Gasteiger partial charge >= 0.3 is 5.97 Å². The normalized spacial score (nSPS) is 11.4. The monoisotopic (exact) mass is 341 g/mol. The first-order valence-corrected chi connectivity index (χ1v) is 8.31. The van der Waals surface area contributed by atoms with Gasteiger partial charge in [0.05, 0.1) is 0 Å². The van der Waals surface area contributed by atoms with Crippen LogP contribution in [0.5, 0.6) is 5.75 Å². The molecule has 0 aliphatic carbocycles. The molecule has 5 nitrogen and oxygen atoms in total. The minimum atomic E-state index is -0.577. The van der Waals surface area contributed by atoms with Gasteiger partial charge in [-0.05, 0) is 36.6 Å². The molecule has 0 fully saturated rings. The van der Waals surface area contributed by atoms with Crippen LogP contribution in [0.25, 0.3) is 11.1 Å². The fourth-order valence-electron chi connectivity index (χ4n) is 2.12. The molecule has 0 heterocycles. The number of ether oxygens (including phenoxy) is 2. The van der Waals surface area contributed by atoms with E-state index >= 15 is 0 Å². The maximum Gasteiger partial charge on any atom is 0.344 e. The lowest BCUT2D eigenvalue weighted by Gasteiger charge is -2.11. The summed E-state index contributed by atoms with van der Waals surface area (Å²) in [5.74, 6) is -0.318. The molecular weight excluding hydrogens is 318 g/mol. The average Bonchev–Trinajstić information content (AvgIpc) is 2.65. The Morgan fingerprint density at radius 2 is 1.60 bits per heavy atom. The van der Waals surface area contributed by atoms with Gasteiger partial charge in [-0.25, -0.2) is 4.79 Å². The molecule has 0 bridgehead atoms. The molecule has 0 radical (unpaired) electrons. The molecule has 1 amide bonds. The van der Waals surface area contributed by atoms with Gasteiger partial charge in [0.1, 0.15) is 5.75 Å². The third kappa shape index (κ3) is 6.30. The summed E-state index contributed by atoms with van der Waals surface area (Å²) < 4.78 is 10.3. The summed E-state index contributed by atoms with van der Waals surface area (Å²) >= 11 is 0. The minimum absolute atomic E-state index is 0.0607. The second-order valence-electron chi connectivity index (χ2n) is 5.72. The molecule has 0 spiro atoms. The molecule has 2 aromatic carbocycles. The highest BCUT2D eigenvalue weighted by Crippen LogP contribution is 2.21. The van der Waals surface area contributed by atoms with Crippen molar-refractivity contribution in [1.29, 1.82) is 0 Å². The molecule has 0 aliphatic heterocycles. The van der Waals surface area contributed by atoms with Crippen LogP contribution < -0.4 is 10.1 Å². The molecule has 132 valence electrons. The standard InChI is InChI=1S/C20H23NO4/c1-3-15(2)21-19(22)13-25-20(23)14-24-18-11-9-17(10-12-18)16-7-5-4-6-8-16/h4-12,15H,3,13-14H2,1-2H3,(H,21,22)/t15-/m0/s1. The molecule has 5 heteroatoms. The lowest BCUT2D eigenvalue weighted by Crippen LogP contribution is -2.35. The van der Waals surface area contributed by atoms with Crippen LogP contribution in [0, 0.1) is 0 Å². The Balaban J connectivity index is 1.75. The van der Waals surface area contributed by atoms with E-state index in [2.05, 4.69) is 5.32 Å². The Labute approximate surface area is 148 Å². The first-order chi connectivity index (χ1) is 12.1. The van der Waals surface area contributed by atoms with Crippen LogP contribution >= 0.6 is 0 Å². The third-order valence-electron chi connectivity index (χ3n) is 3.70. The van der Waals surface area contributed by atoms with Crippen molar-refractivity contribution in [3.63, 3.8) is 0 Å². The van der Waals surface area contributed by atoms with Crippen LogP contribution in [0.15, 0.2) is 54.6 Å². The molecule has 0 unspecified atom stereocenters. The largest absolute Gasteiger partial charge is 0.482 e. The van der Waals surface area contributed by atoms with E-state index in [0.29, 0.717) is 5.75 Å². The van der Waals surface area contributed by atoms with E-state index in [0.717, 1.165) is 17.5 Å². The lowest BCUT2D eigenvalue weighted by molar-refractivity contribution is -0.150. The van der Waals surface area contributed by atoms with Crippen LogP contribution in [0.1, 0.15) is 20.3 Å². The van der Waals surface area contributed by atoms with Crippen molar-refractivity contribution in [3.05, 3.63) is 54.6 Å². The first-order valence-electron chi connectivity index (χ1n) is 8.31. The number of esters is 1. The summed E-state index contributed by atoms with van der Waals surface area (Å²) in [6.07, 6.45) is 0.821. The van der Waals surface area contributed by atoms with Gasteiger partial charge in [0.25, 0.3) is 5.91 Å². The Hall–Kier alpha value is -2.82. The zero-order valence-corrected chi connectivity index (χ0v) is 14.5. The molecule has 0 aliphatic rings. The van der Waals surface area contributed by atoms with Crippen LogP contribution in [-0.4, -0.2) is 31.1 Å². The van der Waals surface area contributed by atoms with Crippen molar-refractivity contribution in [1.82, 2.24) is 5.32 Å². The molecule has 0 saturated carbocycles. The van der Waals surface area contributed by atoms with E-state index in [1.165, 1.54) is 0 Å². The Morgan fingerprint density at radius 3 is 2.24 bits per heavy atom. The summed E-state index contributed by atoms with van der Waals surface area (Å²) in [5, 5.41) is 2.72. The molecule has 2 rings (SSSR count). The van der Waals surface area contributed by atoms with E-state index in [1.807, 2.05) is 56.3 Å². The molecule has 25 heavy (non-hydrogen) atoms. The van der Waals surface area contributed by atoms with Crippen molar-refractivity contribution in [3.8, 4) is 16.9 Å². The number of nitrogens with one attached hydrogen (secondary N) is 1. The van der Waals surface area contributed by atoms with E-state index in [9.17, 15) is 9.59 Å². The smallest absolute Gasteiger partial charge is 0.344 e. The van der Waals surface area contributed by atoms with Crippen molar-refractivity contribution >= 4 is 11.9 Å². The second kappa shape index (κ2) is 9.47. The van der Waals surface area contributed by atoms with Gasteiger partial charge in [0.2, 0.25) is 0 Å². The number of carbonyl (C=O) groups is 2. The highest BCUT2D eigenvalue weighted by molar-refractivity contribution is 5.81. The Bertz CT molecular complexity index is 683. The van der Waals surface area contributed by atoms with Gasteiger partial charge in [-0.2, -0.15) is 0 Å². The van der Waals surface area contributed by atoms with E-state index < -0.39 is 5.97 Å². The minimum Gasteiger partial charge on any atom is -0.482 e. The molecule has 2 aromatic rings. The molecule has 1 N–H and O–H groups in total. The molecule has 0 aromatic heterocycles. The van der Waals surface area contributed by atoms with Crippen molar-refractivity contribution in [2.75, 3.05) is 13.2 Å². The summed E-state index contributed by atoms with van der Waals surface area (Å²) in [6.45, 7) is 3.33. The van der Waals surface area contributed by atoms with E-state index in [-0.39, 0.29) is 25.2 Å². The maximum atomic E-state index is 11.6. The SMILES string of the molecule is CC[C@H](C)NC(=O)COC(=O)COc1ccc(-c2ccccc2)cc1. The zero-order chi connectivity index (χ0) is 18.1. The number of amides is 1. The summed E-state index contributed by atoms with van der Waals surface area (Å²) in [4.78, 5) is 23.2. The number of hydrogen-bond acceptors (Lipinski definition) is 4. The molecular formula is C20H23NO4. The zero-order valence-electron chi connectivity index (χ0n) is 14.5.